The first-order chi connectivity index (χ1) is 12.3. The summed E-state index contributed by atoms with van der Waals surface area (Å²) in [5.41, 5.74) is 0.0849. The zero-order chi connectivity index (χ0) is 18.5. The third-order valence-corrected chi connectivity index (χ3v) is 7.36. The van der Waals surface area contributed by atoms with Crippen molar-refractivity contribution >= 4 is 27.7 Å². The van der Waals surface area contributed by atoms with Gasteiger partial charge in [-0.3, -0.25) is 4.79 Å². The van der Waals surface area contributed by atoms with Gasteiger partial charge in [0.05, 0.1) is 6.42 Å². The van der Waals surface area contributed by atoms with Crippen LogP contribution in [-0.4, -0.2) is 31.4 Å². The van der Waals surface area contributed by atoms with Gasteiger partial charge in [0.1, 0.15) is 19.3 Å². The van der Waals surface area contributed by atoms with Gasteiger partial charge in [-0.05, 0) is 60.7 Å². The van der Waals surface area contributed by atoms with Crippen molar-refractivity contribution in [3.8, 4) is 0 Å². The van der Waals surface area contributed by atoms with Crippen LogP contribution >= 0.6 is 15.9 Å². The second-order valence-corrected chi connectivity index (χ2v) is 10.3. The van der Waals surface area contributed by atoms with E-state index < -0.39 is 4.92 Å². The number of rotatable bonds is 6. The molecular formula is C18H24BrN3O4. The Kier molecular flexibility index (Phi) is 4.36. The van der Waals surface area contributed by atoms with E-state index in [1.807, 2.05) is 0 Å². The third kappa shape index (κ3) is 3.28. The van der Waals surface area contributed by atoms with Gasteiger partial charge in [-0.1, -0.05) is 15.9 Å². The number of halogens is 1. The number of aryl methyl sites for hydroxylation is 1. The molecule has 4 fully saturated rings. The van der Waals surface area contributed by atoms with Crippen LogP contribution in [0.25, 0.3) is 0 Å². The van der Waals surface area contributed by atoms with Crippen LogP contribution in [0, 0.1) is 34.3 Å². The van der Waals surface area contributed by atoms with E-state index in [0.29, 0.717) is 12.2 Å². The van der Waals surface area contributed by atoms with E-state index in [0.717, 1.165) is 31.1 Å². The Labute approximate surface area is 160 Å². The highest BCUT2D eigenvalue weighted by molar-refractivity contribution is 9.10. The van der Waals surface area contributed by atoms with Crippen molar-refractivity contribution in [1.82, 2.24) is 9.55 Å². The summed E-state index contributed by atoms with van der Waals surface area (Å²) in [6.07, 6.45) is 8.84. The molecule has 1 aromatic heterocycles. The van der Waals surface area contributed by atoms with Crippen molar-refractivity contribution in [2.24, 2.45) is 17.3 Å². The molecule has 0 aromatic carbocycles. The molecule has 4 aliphatic carbocycles. The minimum Gasteiger partial charge on any atom is -0.461 e. The maximum absolute atomic E-state index is 12.5. The van der Waals surface area contributed by atoms with E-state index in [4.69, 9.17) is 4.74 Å². The predicted octanol–water partition coefficient (Wildman–Crippen LogP) is 3.77. The van der Waals surface area contributed by atoms with E-state index in [9.17, 15) is 14.9 Å². The Morgan fingerprint density at radius 2 is 2.12 bits per heavy atom. The molecule has 1 aromatic rings. The molecule has 4 aliphatic rings. The minimum absolute atomic E-state index is 0.0686. The molecule has 0 spiro atoms. The Balaban J connectivity index is 1.34. The average molecular weight is 426 g/mol. The first-order valence-corrected chi connectivity index (χ1v) is 10.1. The van der Waals surface area contributed by atoms with Crippen LogP contribution < -0.4 is 0 Å². The van der Waals surface area contributed by atoms with Crippen molar-refractivity contribution < 1.29 is 14.5 Å². The van der Waals surface area contributed by atoms with Gasteiger partial charge in [-0.15, -0.1) is 0 Å². The summed E-state index contributed by atoms with van der Waals surface area (Å²) in [5, 5.41) is 11.0. The van der Waals surface area contributed by atoms with E-state index in [1.54, 1.807) is 6.92 Å². The van der Waals surface area contributed by atoms with E-state index in [2.05, 4.69) is 20.9 Å². The largest absolute Gasteiger partial charge is 0.461 e. The first kappa shape index (κ1) is 17.9. The van der Waals surface area contributed by atoms with Crippen molar-refractivity contribution in [1.29, 1.82) is 0 Å². The number of carbonyl (C=O) groups excluding carboxylic acids is 1. The summed E-state index contributed by atoms with van der Waals surface area (Å²) < 4.78 is 7.16. The van der Waals surface area contributed by atoms with Gasteiger partial charge in [-0.25, -0.2) is 9.55 Å². The summed E-state index contributed by atoms with van der Waals surface area (Å²) in [7, 11) is 0. The molecule has 1 heterocycles. The molecular weight excluding hydrogens is 402 g/mol. The lowest BCUT2D eigenvalue weighted by Crippen LogP contribution is -2.53. The first-order valence-electron chi connectivity index (χ1n) is 9.29. The maximum atomic E-state index is 12.5. The predicted molar refractivity (Wildman–Crippen MR) is 98.0 cm³/mol. The molecule has 4 saturated carbocycles. The molecule has 0 aliphatic heterocycles. The standard InChI is InChI=1S/C18H24BrN3O4/c1-12-20-10-15(22(24)25)21(12)2-3-26-16(23)9-17-5-13-4-14(6-17)8-18(19,7-13)11-17/h10,13-14H,2-9,11H2,1H3. The lowest BCUT2D eigenvalue weighted by Gasteiger charge is -2.60. The SMILES string of the molecule is Cc1ncc([N+](=O)[O-])n1CCOC(=O)CC12CC3CC(CC(Br)(C3)C1)C2. The monoisotopic (exact) mass is 425 g/mol. The topological polar surface area (TPSA) is 87.3 Å². The number of hydrogen-bond donors (Lipinski definition) is 0. The van der Waals surface area contributed by atoms with Gasteiger partial charge in [0, 0.05) is 11.2 Å². The lowest BCUT2D eigenvalue weighted by atomic mass is 9.49. The normalized spacial score (nSPS) is 34.8. The maximum Gasteiger partial charge on any atom is 0.342 e. The summed E-state index contributed by atoms with van der Waals surface area (Å²) in [6.45, 7) is 2.10. The fourth-order valence-corrected chi connectivity index (χ4v) is 7.54. The summed E-state index contributed by atoms with van der Waals surface area (Å²) >= 11 is 3.96. The quantitative estimate of drug-likeness (QED) is 0.299. The van der Waals surface area contributed by atoms with Gasteiger partial charge in [0.2, 0.25) is 0 Å². The second kappa shape index (κ2) is 6.32. The number of hydrogen-bond acceptors (Lipinski definition) is 5. The van der Waals surface area contributed by atoms with Gasteiger partial charge >= 0.3 is 11.8 Å². The number of nitrogens with zero attached hydrogens (tertiary/aromatic N) is 3. The second-order valence-electron chi connectivity index (χ2n) is 8.58. The highest BCUT2D eigenvalue weighted by Crippen LogP contribution is 2.65. The molecule has 0 radical (unpaired) electrons. The third-order valence-electron chi connectivity index (χ3n) is 6.43. The lowest BCUT2D eigenvalue weighted by molar-refractivity contribution is -0.392. The minimum atomic E-state index is -0.466. The van der Waals surface area contributed by atoms with Gasteiger partial charge in [0.15, 0.2) is 5.82 Å². The Morgan fingerprint density at radius 1 is 1.42 bits per heavy atom. The number of esters is 1. The fraction of sp³-hybridized carbons (Fsp3) is 0.778. The van der Waals surface area contributed by atoms with Crippen LogP contribution in [0.4, 0.5) is 5.82 Å². The summed E-state index contributed by atoms with van der Waals surface area (Å²) in [6, 6.07) is 0. The van der Waals surface area contributed by atoms with Gasteiger partial charge < -0.3 is 14.9 Å². The van der Waals surface area contributed by atoms with Crippen molar-refractivity contribution in [3.63, 3.8) is 0 Å². The highest BCUT2D eigenvalue weighted by atomic mass is 79.9. The number of imidazole rings is 1. The molecule has 0 saturated heterocycles. The van der Waals surface area contributed by atoms with E-state index >= 15 is 0 Å². The molecule has 7 nitrogen and oxygen atoms in total. The summed E-state index contributed by atoms with van der Waals surface area (Å²) in [4.78, 5) is 27.0. The van der Waals surface area contributed by atoms with Gasteiger partial charge in [0.25, 0.3) is 0 Å². The van der Waals surface area contributed by atoms with Crippen LogP contribution in [0.5, 0.6) is 0 Å². The number of ether oxygens (including phenoxy) is 1. The summed E-state index contributed by atoms with van der Waals surface area (Å²) in [5.74, 6) is 1.78. The number of carbonyl (C=O) groups is 1. The Bertz CT molecular complexity index is 733. The van der Waals surface area contributed by atoms with Crippen molar-refractivity contribution in [3.05, 3.63) is 22.1 Å². The fourth-order valence-electron chi connectivity index (χ4n) is 6.03. The van der Waals surface area contributed by atoms with Crippen LogP contribution in [0.3, 0.4) is 0 Å². The molecule has 8 heteroatoms. The molecule has 4 bridgehead atoms. The van der Waals surface area contributed by atoms with Crippen LogP contribution in [0.15, 0.2) is 6.20 Å². The zero-order valence-electron chi connectivity index (χ0n) is 14.9. The van der Waals surface area contributed by atoms with E-state index in [-0.39, 0.29) is 34.7 Å². The molecule has 2 unspecified atom stereocenters. The number of aromatic nitrogens is 2. The Hall–Kier alpha value is -1.44. The molecule has 0 amide bonds. The number of alkyl halides is 1. The molecule has 26 heavy (non-hydrogen) atoms. The molecule has 5 rings (SSSR count). The van der Waals surface area contributed by atoms with Gasteiger partial charge in [-0.2, -0.15) is 0 Å². The number of nitro groups is 1. The van der Waals surface area contributed by atoms with Crippen LogP contribution in [0.2, 0.25) is 0 Å². The van der Waals surface area contributed by atoms with Crippen molar-refractivity contribution in [2.75, 3.05) is 6.61 Å². The smallest absolute Gasteiger partial charge is 0.342 e. The average Bonchev–Trinajstić information content (AvgIpc) is 2.85. The van der Waals surface area contributed by atoms with Crippen LogP contribution in [0.1, 0.15) is 50.8 Å². The highest BCUT2D eigenvalue weighted by Gasteiger charge is 2.57. The molecule has 0 N–H and O–H groups in total. The van der Waals surface area contributed by atoms with Crippen molar-refractivity contribution in [2.45, 2.75) is 62.7 Å². The van der Waals surface area contributed by atoms with Crippen LogP contribution in [-0.2, 0) is 16.1 Å². The Morgan fingerprint density at radius 3 is 2.73 bits per heavy atom. The molecule has 142 valence electrons. The molecule has 2 atom stereocenters. The van der Waals surface area contributed by atoms with E-state index in [1.165, 1.54) is 30.0 Å². The zero-order valence-corrected chi connectivity index (χ0v) is 16.5.